The average molecular weight is 764 g/mol. The van der Waals surface area contributed by atoms with E-state index in [1.165, 1.54) is 58.5 Å². The Labute approximate surface area is 312 Å². The topological polar surface area (TPSA) is 21.1 Å². The van der Waals surface area contributed by atoms with Crippen molar-refractivity contribution in [1.29, 1.82) is 0 Å². The first-order valence-electron chi connectivity index (χ1n) is 17.6. The molecular formula is C46H42IN3. The lowest BCUT2D eigenvalue weighted by atomic mass is 9.86. The Bertz CT molecular complexity index is 2300. The second kappa shape index (κ2) is 14.9. The van der Waals surface area contributed by atoms with E-state index < -0.39 is 0 Å². The van der Waals surface area contributed by atoms with Crippen LogP contribution < -0.4 is 4.90 Å². The minimum absolute atomic E-state index is 0. The summed E-state index contributed by atoms with van der Waals surface area (Å²) in [4.78, 5) is 7.41. The molecule has 9 rings (SSSR count). The van der Waals surface area contributed by atoms with Gasteiger partial charge in [0, 0.05) is 34.6 Å². The van der Waals surface area contributed by atoms with Crippen molar-refractivity contribution in [3.63, 3.8) is 0 Å². The minimum atomic E-state index is 0. The number of hydrogen-bond acceptors (Lipinski definition) is 2. The maximum atomic E-state index is 4.91. The van der Waals surface area contributed by atoms with E-state index in [1.54, 1.807) is 0 Å². The van der Waals surface area contributed by atoms with E-state index in [0.29, 0.717) is 0 Å². The summed E-state index contributed by atoms with van der Waals surface area (Å²) in [5.41, 5.74) is 13.2. The summed E-state index contributed by atoms with van der Waals surface area (Å²) in [6.45, 7) is 4.42. The van der Waals surface area contributed by atoms with Gasteiger partial charge in [0.2, 0.25) is 0 Å². The smallest absolute Gasteiger partial charge is 0.0963 e. The van der Waals surface area contributed by atoms with Crippen LogP contribution in [0.2, 0.25) is 0 Å². The van der Waals surface area contributed by atoms with Gasteiger partial charge >= 0.3 is 0 Å². The van der Waals surface area contributed by atoms with E-state index in [-0.39, 0.29) is 35.9 Å². The van der Waals surface area contributed by atoms with Gasteiger partial charge in [-0.05, 0) is 82.4 Å². The molecule has 0 radical (unpaired) electrons. The molecule has 2 atom stereocenters. The number of halogens is 1. The van der Waals surface area contributed by atoms with Gasteiger partial charge in [-0.2, -0.15) is 0 Å². The van der Waals surface area contributed by atoms with Crippen molar-refractivity contribution in [2.75, 3.05) is 4.90 Å². The molecular weight excluding hydrogens is 721 g/mol. The first-order valence-corrected chi connectivity index (χ1v) is 17.6. The van der Waals surface area contributed by atoms with Crippen LogP contribution in [0.15, 0.2) is 164 Å². The minimum Gasteiger partial charge on any atom is -0.333 e. The highest BCUT2D eigenvalue weighted by atomic mass is 127. The molecule has 4 heteroatoms. The first kappa shape index (κ1) is 33.6. The number of aromatic nitrogens is 2. The molecule has 2 aromatic heterocycles. The molecule has 5 aromatic carbocycles. The van der Waals surface area contributed by atoms with Gasteiger partial charge in [-0.15, -0.1) is 24.0 Å². The maximum absolute atomic E-state index is 4.91. The molecule has 7 aromatic rings. The summed E-state index contributed by atoms with van der Waals surface area (Å²) in [7, 11) is 0. The molecule has 50 heavy (non-hydrogen) atoms. The van der Waals surface area contributed by atoms with Gasteiger partial charge in [-0.3, -0.25) is 4.98 Å². The Morgan fingerprint density at radius 1 is 0.600 bits per heavy atom. The number of anilines is 2. The van der Waals surface area contributed by atoms with Gasteiger partial charge < -0.3 is 9.47 Å². The van der Waals surface area contributed by atoms with E-state index in [1.807, 2.05) is 12.3 Å². The highest BCUT2D eigenvalue weighted by Gasteiger charge is 2.39. The largest absolute Gasteiger partial charge is 0.333 e. The summed E-state index contributed by atoms with van der Waals surface area (Å²) in [5.74, 6) is 0.280. The molecule has 1 aliphatic heterocycles. The van der Waals surface area contributed by atoms with Crippen LogP contribution in [0, 0.1) is 0 Å². The van der Waals surface area contributed by atoms with Crippen molar-refractivity contribution < 1.29 is 0 Å². The Morgan fingerprint density at radius 3 is 2.10 bits per heavy atom. The van der Waals surface area contributed by atoms with Gasteiger partial charge in [0.1, 0.15) is 0 Å². The van der Waals surface area contributed by atoms with Crippen molar-refractivity contribution in [2.45, 2.75) is 45.1 Å². The van der Waals surface area contributed by atoms with Crippen molar-refractivity contribution in [3.05, 3.63) is 170 Å². The van der Waals surface area contributed by atoms with Crippen molar-refractivity contribution in [1.82, 2.24) is 9.55 Å². The van der Waals surface area contributed by atoms with E-state index in [4.69, 9.17) is 4.98 Å². The number of para-hydroxylation sites is 1. The molecule has 0 N–H and O–H groups in total. The van der Waals surface area contributed by atoms with Gasteiger partial charge in [0.05, 0.1) is 22.6 Å². The van der Waals surface area contributed by atoms with Gasteiger partial charge in [0.15, 0.2) is 0 Å². The molecule has 0 amide bonds. The number of hydrogen-bond donors (Lipinski definition) is 0. The summed E-state index contributed by atoms with van der Waals surface area (Å²) in [6.07, 6.45) is 15.1. The molecule has 3 heterocycles. The number of nitrogens with zero attached hydrogens (tertiary/aromatic N) is 3. The number of fused-ring (bicyclic) bond motifs is 6. The fourth-order valence-corrected chi connectivity index (χ4v) is 7.62. The van der Waals surface area contributed by atoms with Crippen molar-refractivity contribution >= 4 is 57.3 Å². The third-order valence-electron chi connectivity index (χ3n) is 9.86. The lowest BCUT2D eigenvalue weighted by molar-refractivity contribution is 0.745. The van der Waals surface area contributed by atoms with Crippen LogP contribution in [0.4, 0.5) is 11.4 Å². The van der Waals surface area contributed by atoms with E-state index >= 15 is 0 Å². The second-order valence-electron chi connectivity index (χ2n) is 12.9. The number of pyridine rings is 1. The Morgan fingerprint density at radius 2 is 1.32 bits per heavy atom. The lowest BCUT2D eigenvalue weighted by Crippen LogP contribution is -2.28. The molecule has 3 nitrogen and oxygen atoms in total. The third-order valence-corrected chi connectivity index (χ3v) is 9.86. The SMILES string of the molecule is C1=CC2c3c(-c4ccc5c(c4)c4ncccc4n5-c4cccc(-c5ccccc5)c4)cccc3N(c3ccccc3)C2C=C1.CCCCC.I. The van der Waals surface area contributed by atoms with Crippen LogP contribution in [0.5, 0.6) is 0 Å². The molecule has 0 saturated carbocycles. The predicted molar refractivity (Wildman–Crippen MR) is 223 cm³/mol. The summed E-state index contributed by atoms with van der Waals surface area (Å²) in [6, 6.07) is 48.3. The Kier molecular flexibility index (Phi) is 9.99. The summed E-state index contributed by atoms with van der Waals surface area (Å²) < 4.78 is 2.35. The van der Waals surface area contributed by atoms with Gasteiger partial charge in [-0.25, -0.2) is 0 Å². The lowest BCUT2D eigenvalue weighted by Gasteiger charge is -2.28. The van der Waals surface area contributed by atoms with Crippen LogP contribution in [0.3, 0.4) is 0 Å². The summed E-state index contributed by atoms with van der Waals surface area (Å²) in [5, 5.41) is 1.16. The number of rotatable bonds is 6. The Balaban J connectivity index is 0.000000613. The van der Waals surface area contributed by atoms with Crippen molar-refractivity contribution in [2.24, 2.45) is 0 Å². The molecule has 0 bridgehead atoms. The van der Waals surface area contributed by atoms with Gasteiger partial charge in [0.25, 0.3) is 0 Å². The highest BCUT2D eigenvalue weighted by molar-refractivity contribution is 14.0. The molecule has 0 fully saturated rings. The fraction of sp³-hybridized carbons (Fsp3) is 0.152. The fourth-order valence-electron chi connectivity index (χ4n) is 7.62. The van der Waals surface area contributed by atoms with Crippen LogP contribution >= 0.6 is 24.0 Å². The molecule has 1 aliphatic carbocycles. The van der Waals surface area contributed by atoms with Crippen LogP contribution in [-0.4, -0.2) is 15.6 Å². The number of unbranched alkanes of at least 4 members (excludes halogenated alkanes) is 2. The monoisotopic (exact) mass is 763 g/mol. The highest BCUT2D eigenvalue weighted by Crippen LogP contribution is 2.51. The van der Waals surface area contributed by atoms with Crippen LogP contribution in [-0.2, 0) is 0 Å². The normalized spacial score (nSPS) is 15.7. The third kappa shape index (κ3) is 6.07. The van der Waals surface area contributed by atoms with Gasteiger partial charge in [-0.1, -0.05) is 136 Å². The summed E-state index contributed by atoms with van der Waals surface area (Å²) >= 11 is 0. The molecule has 2 unspecified atom stereocenters. The first-order chi connectivity index (χ1) is 24.3. The number of benzene rings is 5. The van der Waals surface area contributed by atoms with Crippen LogP contribution in [0.25, 0.3) is 49.9 Å². The maximum Gasteiger partial charge on any atom is 0.0963 e. The zero-order chi connectivity index (χ0) is 33.2. The standard InChI is InChI=1S/C41H29N3.C5H12.HI/c1-3-12-28(13-4-1)29-14-9-17-32(26-29)44-37-24-23-30(27-35(37)41-39(44)22-11-25-42-41)33-19-10-21-38-40(33)34-18-7-8-20-36(34)43(38)31-15-5-2-6-16-31;1-3-5-4-2;/h1-27,34,36H;3-5H2,1-2H3;1H. The second-order valence-corrected chi connectivity index (χ2v) is 12.9. The van der Waals surface area contributed by atoms with Crippen LogP contribution in [0.1, 0.15) is 44.6 Å². The average Bonchev–Trinajstić information content (AvgIpc) is 3.69. The van der Waals surface area contributed by atoms with Crippen molar-refractivity contribution in [3.8, 4) is 27.9 Å². The number of allylic oxidation sites excluding steroid dienone is 2. The van der Waals surface area contributed by atoms with E-state index in [9.17, 15) is 0 Å². The predicted octanol–water partition coefficient (Wildman–Crippen LogP) is 13.1. The Hall–Kier alpha value is -4.94. The molecule has 0 spiro atoms. The van der Waals surface area contributed by atoms with E-state index in [2.05, 4.69) is 175 Å². The molecule has 248 valence electrons. The zero-order valence-corrected chi connectivity index (χ0v) is 30.9. The molecule has 2 aliphatic rings. The zero-order valence-electron chi connectivity index (χ0n) is 28.6. The quantitative estimate of drug-likeness (QED) is 0.157. The molecule has 0 saturated heterocycles. The van der Waals surface area contributed by atoms with E-state index in [0.717, 1.165) is 27.6 Å².